The van der Waals surface area contributed by atoms with Gasteiger partial charge in [0.15, 0.2) is 11.5 Å². The predicted molar refractivity (Wildman–Crippen MR) is 96.4 cm³/mol. The van der Waals surface area contributed by atoms with Crippen molar-refractivity contribution in [2.45, 2.75) is 38.8 Å². The molecule has 7 nitrogen and oxygen atoms in total. The Hall–Kier alpha value is -2.54. The molecule has 0 bridgehead atoms. The van der Waals surface area contributed by atoms with Crippen LogP contribution in [0.1, 0.15) is 32.8 Å². The van der Waals surface area contributed by atoms with E-state index in [0.717, 1.165) is 0 Å². The minimum Gasteiger partial charge on any atom is -0.493 e. The smallest absolute Gasteiger partial charge is 0.326 e. The second-order valence-electron chi connectivity index (χ2n) is 6.95. The number of carbonyl (C=O) groups is 2. The highest BCUT2D eigenvalue weighted by molar-refractivity contribution is 6.01. The summed E-state index contributed by atoms with van der Waals surface area (Å²) in [6, 6.07) is 4.34. The van der Waals surface area contributed by atoms with E-state index in [1.54, 1.807) is 31.4 Å². The molecule has 0 aliphatic carbocycles. The molecular weight excluding hydrogens is 338 g/mol. The largest absolute Gasteiger partial charge is 0.493 e. The number of para-hydroxylation sites is 1. The number of amides is 1. The third kappa shape index (κ3) is 5.23. The second-order valence-corrected chi connectivity index (χ2v) is 6.95. The average molecular weight is 363 g/mol. The first-order valence-electron chi connectivity index (χ1n) is 8.39. The predicted octanol–water partition coefficient (Wildman–Crippen LogP) is 2.25. The number of benzene rings is 1. The number of carboxylic acid groups (broad SMARTS) is 1. The third-order valence-electron chi connectivity index (χ3n) is 3.77. The highest BCUT2D eigenvalue weighted by Gasteiger charge is 2.25. The molecule has 0 aromatic heterocycles. The van der Waals surface area contributed by atoms with E-state index >= 15 is 0 Å². The lowest BCUT2D eigenvalue weighted by Gasteiger charge is -2.23. The molecule has 1 aliphatic rings. The average Bonchev–Trinajstić information content (AvgIpc) is 2.58. The van der Waals surface area contributed by atoms with Crippen LogP contribution >= 0.6 is 0 Å². The SMILES string of the molecule is COc1cccc2c1OCC(C(=O)NC(CCOC(C)(C)C)C(=O)O)=C2. The molecule has 1 aromatic carbocycles. The molecule has 142 valence electrons. The van der Waals surface area contributed by atoms with Crippen molar-refractivity contribution in [2.75, 3.05) is 20.3 Å². The number of aliphatic carboxylic acids is 1. The summed E-state index contributed by atoms with van der Waals surface area (Å²) in [4.78, 5) is 23.9. The van der Waals surface area contributed by atoms with Gasteiger partial charge >= 0.3 is 5.97 Å². The normalized spacial score (nSPS) is 14.5. The molecule has 2 rings (SSSR count). The number of hydrogen-bond donors (Lipinski definition) is 2. The van der Waals surface area contributed by atoms with Crippen LogP contribution in [0, 0.1) is 0 Å². The maximum absolute atomic E-state index is 12.4. The van der Waals surface area contributed by atoms with E-state index in [4.69, 9.17) is 14.2 Å². The molecule has 1 heterocycles. The first-order chi connectivity index (χ1) is 12.2. The van der Waals surface area contributed by atoms with Crippen LogP contribution < -0.4 is 14.8 Å². The standard InChI is InChI=1S/C19H25NO6/c1-19(2,3)26-9-8-14(18(22)23)20-17(21)13-10-12-6-5-7-15(24-4)16(12)25-11-13/h5-7,10,14H,8-9,11H2,1-4H3,(H,20,21)(H,22,23). The van der Waals surface area contributed by atoms with Gasteiger partial charge in [0.1, 0.15) is 12.6 Å². The second kappa shape index (κ2) is 8.23. The number of ether oxygens (including phenoxy) is 3. The topological polar surface area (TPSA) is 94.1 Å². The van der Waals surface area contributed by atoms with Gasteiger partial charge in [-0.25, -0.2) is 4.79 Å². The number of nitrogens with one attached hydrogen (secondary N) is 1. The van der Waals surface area contributed by atoms with Crippen LogP contribution in [0.15, 0.2) is 23.8 Å². The van der Waals surface area contributed by atoms with Gasteiger partial charge in [-0.2, -0.15) is 0 Å². The summed E-state index contributed by atoms with van der Waals surface area (Å²) < 4.78 is 16.4. The Kier molecular flexibility index (Phi) is 6.26. The maximum Gasteiger partial charge on any atom is 0.326 e. The van der Waals surface area contributed by atoms with Crippen LogP contribution in [0.3, 0.4) is 0 Å². The van der Waals surface area contributed by atoms with Gasteiger partial charge in [-0.05, 0) is 32.9 Å². The van der Waals surface area contributed by atoms with E-state index < -0.39 is 17.9 Å². The molecule has 1 aromatic rings. The summed E-state index contributed by atoms with van der Waals surface area (Å²) in [6.45, 7) is 5.94. The highest BCUT2D eigenvalue weighted by Crippen LogP contribution is 2.35. The maximum atomic E-state index is 12.4. The Morgan fingerprint density at radius 1 is 1.35 bits per heavy atom. The minimum atomic E-state index is -1.10. The molecule has 2 N–H and O–H groups in total. The van der Waals surface area contributed by atoms with Gasteiger partial charge in [-0.3, -0.25) is 4.79 Å². The van der Waals surface area contributed by atoms with Gasteiger partial charge < -0.3 is 24.6 Å². The van der Waals surface area contributed by atoms with Crippen LogP contribution in [-0.4, -0.2) is 48.9 Å². The van der Waals surface area contributed by atoms with Crippen molar-refractivity contribution in [1.82, 2.24) is 5.32 Å². The summed E-state index contributed by atoms with van der Waals surface area (Å²) in [7, 11) is 1.54. The Morgan fingerprint density at radius 3 is 2.69 bits per heavy atom. The van der Waals surface area contributed by atoms with Gasteiger partial charge in [0.2, 0.25) is 0 Å². The van der Waals surface area contributed by atoms with Crippen molar-refractivity contribution in [1.29, 1.82) is 0 Å². The number of fused-ring (bicyclic) bond motifs is 1. The molecule has 1 atom stereocenters. The fourth-order valence-electron chi connectivity index (χ4n) is 2.46. The van der Waals surface area contributed by atoms with Crippen LogP contribution in [0.4, 0.5) is 0 Å². The van der Waals surface area contributed by atoms with Gasteiger partial charge in [-0.15, -0.1) is 0 Å². The van der Waals surface area contributed by atoms with Crippen LogP contribution in [0.2, 0.25) is 0 Å². The number of hydrogen-bond acceptors (Lipinski definition) is 5. The van der Waals surface area contributed by atoms with E-state index in [2.05, 4.69) is 5.32 Å². The van der Waals surface area contributed by atoms with Gasteiger partial charge in [0.25, 0.3) is 5.91 Å². The van der Waals surface area contributed by atoms with Crippen molar-refractivity contribution in [3.8, 4) is 11.5 Å². The van der Waals surface area contributed by atoms with Crippen molar-refractivity contribution in [3.63, 3.8) is 0 Å². The molecule has 0 saturated heterocycles. The van der Waals surface area contributed by atoms with Crippen molar-refractivity contribution < 1.29 is 28.9 Å². The molecular formula is C19H25NO6. The first-order valence-corrected chi connectivity index (χ1v) is 8.39. The molecule has 0 radical (unpaired) electrons. The molecule has 1 amide bonds. The summed E-state index contributed by atoms with van der Waals surface area (Å²) in [5.41, 5.74) is 0.702. The fraction of sp³-hybridized carbons (Fsp3) is 0.474. The van der Waals surface area contributed by atoms with Gasteiger partial charge in [-0.1, -0.05) is 12.1 Å². The van der Waals surface area contributed by atoms with E-state index in [1.807, 2.05) is 20.8 Å². The zero-order valence-corrected chi connectivity index (χ0v) is 15.5. The number of carboxylic acids is 1. The van der Waals surface area contributed by atoms with Gasteiger partial charge in [0, 0.05) is 18.6 Å². The Bertz CT molecular complexity index is 704. The quantitative estimate of drug-likeness (QED) is 0.772. The number of methoxy groups -OCH3 is 1. The van der Waals surface area contributed by atoms with E-state index in [0.29, 0.717) is 22.6 Å². The van der Waals surface area contributed by atoms with Crippen molar-refractivity contribution in [3.05, 3.63) is 29.3 Å². The third-order valence-corrected chi connectivity index (χ3v) is 3.77. The summed E-state index contributed by atoms with van der Waals surface area (Å²) in [5.74, 6) is -0.419. The molecule has 0 spiro atoms. The highest BCUT2D eigenvalue weighted by atomic mass is 16.5. The molecule has 0 fully saturated rings. The Balaban J connectivity index is 2.05. The van der Waals surface area contributed by atoms with E-state index in [9.17, 15) is 14.7 Å². The Morgan fingerprint density at radius 2 is 2.08 bits per heavy atom. The van der Waals surface area contributed by atoms with Crippen LogP contribution in [0.5, 0.6) is 11.5 Å². The van der Waals surface area contributed by atoms with E-state index in [-0.39, 0.29) is 25.2 Å². The lowest BCUT2D eigenvalue weighted by Crippen LogP contribution is -2.43. The zero-order valence-electron chi connectivity index (χ0n) is 15.5. The molecule has 1 unspecified atom stereocenters. The summed E-state index contributed by atoms with van der Waals surface area (Å²) >= 11 is 0. The summed E-state index contributed by atoms with van der Waals surface area (Å²) in [6.07, 6.45) is 1.86. The number of rotatable bonds is 7. The fourth-order valence-corrected chi connectivity index (χ4v) is 2.46. The summed E-state index contributed by atoms with van der Waals surface area (Å²) in [5, 5.41) is 11.9. The lowest BCUT2D eigenvalue weighted by molar-refractivity contribution is -0.142. The Labute approximate surface area is 152 Å². The number of carbonyl (C=O) groups excluding carboxylic acids is 1. The van der Waals surface area contributed by atoms with Crippen molar-refractivity contribution >= 4 is 18.0 Å². The van der Waals surface area contributed by atoms with Crippen LogP contribution in [0.25, 0.3) is 6.08 Å². The monoisotopic (exact) mass is 363 g/mol. The molecule has 1 aliphatic heterocycles. The van der Waals surface area contributed by atoms with Gasteiger partial charge in [0.05, 0.1) is 18.3 Å². The lowest BCUT2D eigenvalue weighted by atomic mass is 10.1. The van der Waals surface area contributed by atoms with Crippen LogP contribution in [-0.2, 0) is 14.3 Å². The molecule has 0 saturated carbocycles. The van der Waals surface area contributed by atoms with Crippen molar-refractivity contribution in [2.24, 2.45) is 0 Å². The first kappa shape index (κ1) is 19.8. The molecule has 7 heteroatoms. The minimum absolute atomic E-state index is 0.0457. The molecule has 26 heavy (non-hydrogen) atoms. The zero-order chi connectivity index (χ0) is 19.3. The van der Waals surface area contributed by atoms with E-state index in [1.165, 1.54) is 0 Å².